The van der Waals surface area contributed by atoms with E-state index in [9.17, 15) is 14.7 Å². The van der Waals surface area contributed by atoms with E-state index in [0.717, 1.165) is 19.3 Å². The van der Waals surface area contributed by atoms with Crippen molar-refractivity contribution in [2.45, 2.75) is 37.7 Å². The van der Waals surface area contributed by atoms with Crippen molar-refractivity contribution in [1.29, 1.82) is 0 Å². The van der Waals surface area contributed by atoms with Crippen molar-refractivity contribution >= 4 is 11.9 Å². The summed E-state index contributed by atoms with van der Waals surface area (Å²) in [6.45, 7) is 0. The fourth-order valence-electron chi connectivity index (χ4n) is 2.37. The molecule has 1 saturated carbocycles. The highest BCUT2D eigenvalue weighted by atomic mass is 16.6. The molecule has 0 bridgehead atoms. The van der Waals surface area contributed by atoms with Crippen LogP contribution in [0.15, 0.2) is 11.3 Å². The monoisotopic (exact) mass is 212 g/mol. The van der Waals surface area contributed by atoms with Gasteiger partial charge in [0, 0.05) is 0 Å². The molecule has 0 aromatic carbocycles. The third-order valence-electron chi connectivity index (χ3n) is 3.05. The molecular formula is C10H12O5. The van der Waals surface area contributed by atoms with Crippen LogP contribution < -0.4 is 0 Å². The smallest absolute Gasteiger partial charge is 0.375 e. The molecular weight excluding hydrogens is 200 g/mol. The summed E-state index contributed by atoms with van der Waals surface area (Å²) in [6, 6.07) is 0. The Bertz CT molecular complexity index is 349. The van der Waals surface area contributed by atoms with Crippen LogP contribution in [-0.4, -0.2) is 27.8 Å². The number of hydrogen-bond donors (Lipinski definition) is 2. The maximum absolute atomic E-state index is 11.2. The molecule has 0 saturated heterocycles. The quantitative estimate of drug-likeness (QED) is 0.637. The summed E-state index contributed by atoms with van der Waals surface area (Å²) in [5, 5.41) is 18.3. The Labute approximate surface area is 86.3 Å². The summed E-state index contributed by atoms with van der Waals surface area (Å²) in [5.41, 5.74) is -1.32. The second-order valence-electron chi connectivity index (χ2n) is 3.97. The average Bonchev–Trinajstić information content (AvgIpc) is 2.40. The van der Waals surface area contributed by atoms with Gasteiger partial charge in [0.05, 0.1) is 0 Å². The standard InChI is InChI=1S/C10H12O5/c11-7-6(8(12)13)10(15-9(7)14)4-2-1-3-5-10/h11H,1-5H2,(H,12,13). The van der Waals surface area contributed by atoms with E-state index in [-0.39, 0.29) is 5.57 Å². The molecule has 2 aliphatic rings. The number of ether oxygens (including phenoxy) is 1. The normalized spacial score (nSPS) is 24.4. The number of aliphatic hydroxyl groups is 1. The fourth-order valence-corrected chi connectivity index (χ4v) is 2.37. The summed E-state index contributed by atoms with van der Waals surface area (Å²) >= 11 is 0. The third-order valence-corrected chi connectivity index (χ3v) is 3.05. The lowest BCUT2D eigenvalue weighted by molar-refractivity contribution is -0.152. The van der Waals surface area contributed by atoms with Crippen LogP contribution in [0.25, 0.3) is 0 Å². The number of hydrogen-bond acceptors (Lipinski definition) is 4. The minimum Gasteiger partial charge on any atom is -0.501 e. The molecule has 1 spiro atoms. The molecule has 0 aromatic rings. The largest absolute Gasteiger partial charge is 0.501 e. The van der Waals surface area contributed by atoms with E-state index in [1.807, 2.05) is 0 Å². The van der Waals surface area contributed by atoms with Crippen LogP contribution in [-0.2, 0) is 14.3 Å². The summed E-state index contributed by atoms with van der Waals surface area (Å²) in [6.07, 6.45) is 3.62. The highest BCUT2D eigenvalue weighted by Crippen LogP contribution is 2.43. The van der Waals surface area contributed by atoms with Crippen LogP contribution in [0.1, 0.15) is 32.1 Å². The zero-order valence-corrected chi connectivity index (χ0v) is 8.15. The van der Waals surface area contributed by atoms with Crippen LogP contribution in [0.2, 0.25) is 0 Å². The lowest BCUT2D eigenvalue weighted by Gasteiger charge is -2.32. The van der Waals surface area contributed by atoms with E-state index in [1.165, 1.54) is 0 Å². The van der Waals surface area contributed by atoms with Crippen molar-refractivity contribution in [3.05, 3.63) is 11.3 Å². The lowest BCUT2D eigenvalue weighted by Crippen LogP contribution is -2.37. The van der Waals surface area contributed by atoms with Crippen LogP contribution in [0, 0.1) is 0 Å². The maximum Gasteiger partial charge on any atom is 0.375 e. The Morgan fingerprint density at radius 3 is 2.40 bits per heavy atom. The Balaban J connectivity index is 2.41. The molecule has 1 fully saturated rings. The summed E-state index contributed by atoms with van der Waals surface area (Å²) in [4.78, 5) is 22.1. The Kier molecular flexibility index (Phi) is 2.17. The van der Waals surface area contributed by atoms with Crippen molar-refractivity contribution in [1.82, 2.24) is 0 Å². The first kappa shape index (κ1) is 10.0. The minimum atomic E-state index is -1.26. The number of aliphatic hydroxyl groups excluding tert-OH is 1. The number of carboxylic acids is 1. The Morgan fingerprint density at radius 2 is 1.87 bits per heavy atom. The van der Waals surface area contributed by atoms with Gasteiger partial charge in [-0.25, -0.2) is 9.59 Å². The topological polar surface area (TPSA) is 83.8 Å². The number of esters is 1. The average molecular weight is 212 g/mol. The van der Waals surface area contributed by atoms with Gasteiger partial charge >= 0.3 is 11.9 Å². The van der Waals surface area contributed by atoms with Crippen LogP contribution in [0.5, 0.6) is 0 Å². The zero-order valence-electron chi connectivity index (χ0n) is 8.15. The van der Waals surface area contributed by atoms with Gasteiger partial charge < -0.3 is 14.9 Å². The fraction of sp³-hybridized carbons (Fsp3) is 0.600. The van der Waals surface area contributed by atoms with E-state index >= 15 is 0 Å². The summed E-state index contributed by atoms with van der Waals surface area (Å²) < 4.78 is 5.03. The van der Waals surface area contributed by atoms with Gasteiger partial charge in [-0.1, -0.05) is 6.42 Å². The van der Waals surface area contributed by atoms with E-state index in [4.69, 9.17) is 9.84 Å². The number of rotatable bonds is 1. The van der Waals surface area contributed by atoms with Gasteiger partial charge in [-0.15, -0.1) is 0 Å². The Hall–Kier alpha value is -1.52. The van der Waals surface area contributed by atoms with Gasteiger partial charge in [0.25, 0.3) is 0 Å². The molecule has 82 valence electrons. The van der Waals surface area contributed by atoms with Gasteiger partial charge in [-0.2, -0.15) is 0 Å². The maximum atomic E-state index is 11.2. The third kappa shape index (κ3) is 1.38. The van der Waals surface area contributed by atoms with Gasteiger partial charge in [-0.3, -0.25) is 0 Å². The van der Waals surface area contributed by atoms with Gasteiger partial charge in [0.15, 0.2) is 0 Å². The number of carbonyl (C=O) groups is 2. The molecule has 15 heavy (non-hydrogen) atoms. The molecule has 1 heterocycles. The molecule has 1 aliphatic heterocycles. The molecule has 5 heteroatoms. The highest BCUT2D eigenvalue weighted by molar-refractivity contribution is 6.03. The van der Waals surface area contributed by atoms with Gasteiger partial charge in [0.1, 0.15) is 11.2 Å². The minimum absolute atomic E-state index is 0.257. The van der Waals surface area contributed by atoms with Gasteiger partial charge in [-0.05, 0) is 25.7 Å². The SMILES string of the molecule is O=C(O)C1=C(O)C(=O)OC12CCCCC2. The van der Waals surface area contributed by atoms with Crippen molar-refractivity contribution in [2.24, 2.45) is 0 Å². The van der Waals surface area contributed by atoms with Crippen LogP contribution >= 0.6 is 0 Å². The van der Waals surface area contributed by atoms with Crippen molar-refractivity contribution < 1.29 is 24.5 Å². The molecule has 2 rings (SSSR count). The van der Waals surface area contributed by atoms with E-state index in [0.29, 0.717) is 12.8 Å². The first-order chi connectivity index (χ1) is 7.07. The molecule has 0 atom stereocenters. The number of aliphatic carboxylic acids is 1. The van der Waals surface area contributed by atoms with Gasteiger partial charge in [0.2, 0.25) is 5.76 Å². The molecule has 5 nitrogen and oxygen atoms in total. The van der Waals surface area contributed by atoms with Crippen molar-refractivity contribution in [3.8, 4) is 0 Å². The van der Waals surface area contributed by atoms with E-state index in [1.54, 1.807) is 0 Å². The predicted molar refractivity (Wildman–Crippen MR) is 49.2 cm³/mol. The molecule has 0 amide bonds. The van der Waals surface area contributed by atoms with E-state index < -0.39 is 23.3 Å². The zero-order chi connectivity index (χ0) is 11.1. The molecule has 0 radical (unpaired) electrons. The second kappa shape index (κ2) is 3.25. The summed E-state index contributed by atoms with van der Waals surface area (Å²) in [5.74, 6) is -2.90. The van der Waals surface area contributed by atoms with Crippen LogP contribution in [0.4, 0.5) is 0 Å². The second-order valence-corrected chi connectivity index (χ2v) is 3.97. The van der Waals surface area contributed by atoms with Crippen LogP contribution in [0.3, 0.4) is 0 Å². The van der Waals surface area contributed by atoms with Crippen molar-refractivity contribution in [3.63, 3.8) is 0 Å². The highest BCUT2D eigenvalue weighted by Gasteiger charge is 2.51. The number of carboxylic acid groups (broad SMARTS) is 1. The first-order valence-electron chi connectivity index (χ1n) is 4.97. The summed E-state index contributed by atoms with van der Waals surface area (Å²) in [7, 11) is 0. The predicted octanol–water partition coefficient (Wildman–Crippen LogP) is 1.14. The molecule has 0 aromatic heterocycles. The number of carbonyl (C=O) groups excluding carboxylic acids is 1. The van der Waals surface area contributed by atoms with E-state index in [2.05, 4.69) is 0 Å². The van der Waals surface area contributed by atoms with Crippen molar-refractivity contribution in [2.75, 3.05) is 0 Å². The lowest BCUT2D eigenvalue weighted by atomic mass is 9.79. The molecule has 1 aliphatic carbocycles. The molecule has 0 unspecified atom stereocenters. The molecule has 2 N–H and O–H groups in total. The Morgan fingerprint density at radius 1 is 1.27 bits per heavy atom. The first-order valence-corrected chi connectivity index (χ1v) is 4.97.